The number of hydrogen-bond donors (Lipinski definition) is 1. The van der Waals surface area contributed by atoms with E-state index in [4.69, 9.17) is 9.47 Å². The number of rotatable bonds is 8. The molecule has 3 heterocycles. The lowest BCUT2D eigenvalue weighted by atomic mass is 10.00. The van der Waals surface area contributed by atoms with E-state index >= 15 is 0 Å². The Morgan fingerprint density at radius 3 is 2.49 bits per heavy atom. The third-order valence-electron chi connectivity index (χ3n) is 6.90. The van der Waals surface area contributed by atoms with Crippen molar-refractivity contribution in [3.05, 3.63) is 93.2 Å². The molecule has 0 bridgehead atoms. The Balaban J connectivity index is 1.38. The molecule has 0 aliphatic carbocycles. The van der Waals surface area contributed by atoms with Crippen LogP contribution in [0.1, 0.15) is 27.6 Å². The number of morpholine rings is 1. The monoisotopic (exact) mass is 518 g/mol. The summed E-state index contributed by atoms with van der Waals surface area (Å²) >= 11 is 1.47. The highest BCUT2D eigenvalue weighted by atomic mass is 32.1. The zero-order chi connectivity index (χ0) is 25.8. The maximum Gasteiger partial charge on any atom is 0.295 e. The van der Waals surface area contributed by atoms with E-state index in [0.29, 0.717) is 44.2 Å². The molecule has 2 fully saturated rings. The Kier molecular flexibility index (Phi) is 7.69. The number of thiophene rings is 1. The van der Waals surface area contributed by atoms with E-state index in [1.807, 2.05) is 48.7 Å². The predicted molar refractivity (Wildman–Crippen MR) is 143 cm³/mol. The normalized spacial score (nSPS) is 19.9. The average Bonchev–Trinajstić information content (AvgIpc) is 3.54. The standard InChI is InChI=1S/C29H30N2O5S/c1-20-5-2-3-6-22(20)19-36-23-10-8-21(9-11-23)27(32)25-26(24-7-4-18-37-24)31(29(34)28(25)33)13-12-30-14-16-35-17-15-30/h2-11,18,26,32H,12-17,19H2,1H3. The number of benzene rings is 2. The van der Waals surface area contributed by atoms with E-state index < -0.39 is 17.7 Å². The van der Waals surface area contributed by atoms with Gasteiger partial charge in [0.2, 0.25) is 0 Å². The Hall–Kier alpha value is -3.46. The number of carbonyl (C=O) groups is 2. The van der Waals surface area contributed by atoms with Gasteiger partial charge in [-0.1, -0.05) is 30.3 Å². The molecule has 1 N–H and O–H groups in total. The van der Waals surface area contributed by atoms with Gasteiger partial charge in [-0.25, -0.2) is 0 Å². The van der Waals surface area contributed by atoms with Gasteiger partial charge in [-0.05, 0) is 53.8 Å². The Morgan fingerprint density at radius 2 is 1.78 bits per heavy atom. The second-order valence-electron chi connectivity index (χ2n) is 9.20. The number of nitrogens with zero attached hydrogens (tertiary/aromatic N) is 2. The molecule has 7 nitrogen and oxygen atoms in total. The van der Waals surface area contributed by atoms with Crippen molar-refractivity contribution in [2.24, 2.45) is 0 Å². The molecule has 2 aromatic carbocycles. The number of ether oxygens (including phenoxy) is 2. The summed E-state index contributed by atoms with van der Waals surface area (Å²) < 4.78 is 11.3. The summed E-state index contributed by atoms with van der Waals surface area (Å²) in [4.78, 5) is 31.0. The third kappa shape index (κ3) is 5.46. The van der Waals surface area contributed by atoms with Crippen molar-refractivity contribution >= 4 is 28.8 Å². The van der Waals surface area contributed by atoms with Crippen molar-refractivity contribution in [3.63, 3.8) is 0 Å². The minimum atomic E-state index is -0.655. The quantitative estimate of drug-likeness (QED) is 0.271. The molecule has 2 aliphatic rings. The number of aliphatic hydroxyl groups excluding tert-OH is 1. The maximum atomic E-state index is 13.2. The molecule has 0 saturated carbocycles. The molecule has 5 rings (SSSR count). The maximum absolute atomic E-state index is 13.2. The van der Waals surface area contributed by atoms with Crippen molar-refractivity contribution in [1.29, 1.82) is 0 Å². The van der Waals surface area contributed by atoms with Gasteiger partial charge in [0.1, 0.15) is 18.1 Å². The summed E-state index contributed by atoms with van der Waals surface area (Å²) in [5.74, 6) is -0.749. The Labute approximate surface area is 220 Å². The SMILES string of the molecule is Cc1ccccc1COc1ccc(C(O)=C2C(=O)C(=O)N(CCN3CCOCC3)C2c2cccs2)cc1. The van der Waals surface area contributed by atoms with Gasteiger partial charge in [0.15, 0.2) is 0 Å². The van der Waals surface area contributed by atoms with Crippen LogP contribution in [0.2, 0.25) is 0 Å². The molecule has 1 amide bonds. The van der Waals surface area contributed by atoms with Crippen LogP contribution in [-0.2, 0) is 20.9 Å². The van der Waals surface area contributed by atoms with Crippen molar-refractivity contribution in [1.82, 2.24) is 9.80 Å². The molecular formula is C29H30N2O5S. The number of aryl methyl sites for hydroxylation is 1. The highest BCUT2D eigenvalue weighted by molar-refractivity contribution is 7.10. The summed E-state index contributed by atoms with van der Waals surface area (Å²) in [6, 6.07) is 18.2. The van der Waals surface area contributed by atoms with Gasteiger partial charge in [0.25, 0.3) is 11.7 Å². The summed E-state index contributed by atoms with van der Waals surface area (Å²) in [5, 5.41) is 13.2. The first-order valence-electron chi connectivity index (χ1n) is 12.4. The number of amides is 1. The van der Waals surface area contributed by atoms with Gasteiger partial charge in [0.05, 0.1) is 24.8 Å². The number of likely N-dealkylation sites (tertiary alicyclic amines) is 1. The van der Waals surface area contributed by atoms with E-state index in [9.17, 15) is 14.7 Å². The first-order chi connectivity index (χ1) is 18.0. The van der Waals surface area contributed by atoms with Gasteiger partial charge in [-0.3, -0.25) is 14.5 Å². The van der Waals surface area contributed by atoms with Gasteiger partial charge in [0, 0.05) is 36.6 Å². The van der Waals surface area contributed by atoms with Crippen LogP contribution in [-0.4, -0.2) is 66.0 Å². The van der Waals surface area contributed by atoms with Crippen LogP contribution in [0.3, 0.4) is 0 Å². The summed E-state index contributed by atoms with van der Waals surface area (Å²) in [7, 11) is 0. The van der Waals surface area contributed by atoms with Gasteiger partial charge in [-0.15, -0.1) is 11.3 Å². The molecule has 0 radical (unpaired) electrons. The van der Waals surface area contributed by atoms with Crippen LogP contribution in [0.25, 0.3) is 5.76 Å². The molecule has 37 heavy (non-hydrogen) atoms. The first-order valence-corrected chi connectivity index (χ1v) is 13.3. The van der Waals surface area contributed by atoms with Crippen molar-refractivity contribution in [3.8, 4) is 5.75 Å². The van der Waals surface area contributed by atoms with E-state index in [0.717, 1.165) is 29.1 Å². The molecule has 1 atom stereocenters. The smallest absolute Gasteiger partial charge is 0.295 e. The number of aliphatic hydroxyl groups is 1. The predicted octanol–water partition coefficient (Wildman–Crippen LogP) is 4.39. The fraction of sp³-hybridized carbons (Fsp3) is 0.310. The Morgan fingerprint density at radius 1 is 1.03 bits per heavy atom. The zero-order valence-electron chi connectivity index (χ0n) is 20.8. The van der Waals surface area contributed by atoms with Crippen molar-refractivity contribution in [2.45, 2.75) is 19.6 Å². The van der Waals surface area contributed by atoms with Gasteiger partial charge >= 0.3 is 0 Å². The molecule has 3 aromatic rings. The lowest BCUT2D eigenvalue weighted by Gasteiger charge is -2.30. The highest BCUT2D eigenvalue weighted by Crippen LogP contribution is 2.41. The fourth-order valence-corrected chi connectivity index (χ4v) is 5.57. The van der Waals surface area contributed by atoms with Crippen LogP contribution >= 0.6 is 11.3 Å². The number of ketones is 1. The van der Waals surface area contributed by atoms with Gasteiger partial charge < -0.3 is 19.5 Å². The van der Waals surface area contributed by atoms with E-state index in [-0.39, 0.29) is 11.3 Å². The lowest BCUT2D eigenvalue weighted by molar-refractivity contribution is -0.140. The number of Topliss-reactive ketones (excluding diaryl/α,β-unsaturated/α-hetero) is 1. The van der Waals surface area contributed by atoms with Crippen molar-refractivity contribution in [2.75, 3.05) is 39.4 Å². The number of hydrogen-bond acceptors (Lipinski definition) is 7. The van der Waals surface area contributed by atoms with E-state index in [1.165, 1.54) is 11.3 Å². The van der Waals surface area contributed by atoms with Crippen molar-refractivity contribution < 1.29 is 24.2 Å². The van der Waals surface area contributed by atoms with E-state index in [2.05, 4.69) is 4.90 Å². The highest BCUT2D eigenvalue weighted by Gasteiger charge is 2.46. The molecular weight excluding hydrogens is 488 g/mol. The third-order valence-corrected chi connectivity index (χ3v) is 7.82. The van der Waals surface area contributed by atoms with E-state index in [1.54, 1.807) is 29.2 Å². The summed E-state index contributed by atoms with van der Waals surface area (Å²) in [6.45, 7) is 6.44. The fourth-order valence-electron chi connectivity index (χ4n) is 4.72. The molecule has 0 spiro atoms. The molecule has 8 heteroatoms. The number of carbonyl (C=O) groups excluding carboxylic acids is 2. The van der Waals surface area contributed by atoms with Gasteiger partial charge in [-0.2, -0.15) is 0 Å². The molecule has 2 saturated heterocycles. The molecule has 1 unspecified atom stereocenters. The minimum absolute atomic E-state index is 0.128. The molecule has 2 aliphatic heterocycles. The minimum Gasteiger partial charge on any atom is -0.507 e. The average molecular weight is 519 g/mol. The van der Waals surface area contributed by atoms with Crippen LogP contribution in [0.5, 0.6) is 5.75 Å². The Bertz CT molecular complexity index is 1280. The first kappa shape index (κ1) is 25.2. The van der Waals surface area contributed by atoms with Crippen LogP contribution in [0.4, 0.5) is 0 Å². The summed E-state index contributed by atoms with van der Waals surface area (Å²) in [5.41, 5.74) is 2.85. The second-order valence-corrected chi connectivity index (χ2v) is 10.2. The zero-order valence-corrected chi connectivity index (χ0v) is 21.6. The summed E-state index contributed by atoms with van der Waals surface area (Å²) in [6.07, 6.45) is 0. The second kappa shape index (κ2) is 11.3. The topological polar surface area (TPSA) is 79.3 Å². The molecule has 192 valence electrons. The largest absolute Gasteiger partial charge is 0.507 e. The lowest BCUT2D eigenvalue weighted by Crippen LogP contribution is -2.42. The van der Waals surface area contributed by atoms with Crippen LogP contribution in [0.15, 0.2) is 71.6 Å². The molecule has 1 aromatic heterocycles. The van der Waals surface area contributed by atoms with Crippen LogP contribution < -0.4 is 4.74 Å². The van der Waals surface area contributed by atoms with Crippen LogP contribution in [0, 0.1) is 6.92 Å².